The van der Waals surface area contributed by atoms with E-state index in [4.69, 9.17) is 0 Å². The molecule has 0 bridgehead atoms. The van der Waals surface area contributed by atoms with Crippen LogP contribution >= 0.6 is 15.9 Å². The van der Waals surface area contributed by atoms with E-state index in [1.807, 2.05) is 12.3 Å². The Hall–Kier alpha value is -1.19. The maximum Gasteiger partial charge on any atom is 0.106 e. The van der Waals surface area contributed by atoms with Crippen LogP contribution in [-0.2, 0) is 6.54 Å². The van der Waals surface area contributed by atoms with Crippen LogP contribution in [-0.4, -0.2) is 16.4 Å². The highest BCUT2D eigenvalue weighted by Crippen LogP contribution is 2.32. The summed E-state index contributed by atoms with van der Waals surface area (Å²) in [6, 6.07) is 15.5. The minimum absolute atomic E-state index is 0.504. The first kappa shape index (κ1) is 13.8. The van der Waals surface area contributed by atoms with Gasteiger partial charge >= 0.3 is 0 Å². The largest absolute Gasteiger partial charge is 0.292 e. The van der Waals surface area contributed by atoms with Crippen LogP contribution in [0, 0.1) is 0 Å². The second kappa shape index (κ2) is 6.51. The summed E-state index contributed by atoms with van der Waals surface area (Å²) in [4.78, 5) is 6.97. The van der Waals surface area contributed by atoms with Gasteiger partial charge in [0.2, 0.25) is 0 Å². The van der Waals surface area contributed by atoms with Crippen LogP contribution in [0.1, 0.15) is 36.4 Å². The normalized spacial score (nSPS) is 19.9. The van der Waals surface area contributed by atoms with Crippen molar-refractivity contribution in [3.63, 3.8) is 0 Å². The Kier molecular flexibility index (Phi) is 4.48. The lowest BCUT2D eigenvalue weighted by Crippen LogP contribution is -2.32. The van der Waals surface area contributed by atoms with Gasteiger partial charge in [-0.1, -0.05) is 42.8 Å². The quantitative estimate of drug-likeness (QED) is 0.766. The fraction of sp³-hybridized carbons (Fsp3) is 0.353. The molecule has 3 rings (SSSR count). The molecule has 1 aromatic heterocycles. The second-order valence-corrected chi connectivity index (χ2v) is 6.19. The molecule has 0 spiro atoms. The summed E-state index contributed by atoms with van der Waals surface area (Å²) in [7, 11) is 0. The molecule has 1 aliphatic rings. The van der Waals surface area contributed by atoms with Gasteiger partial charge in [-0.05, 0) is 52.5 Å². The van der Waals surface area contributed by atoms with Gasteiger partial charge in [0, 0.05) is 18.8 Å². The number of pyridine rings is 1. The Morgan fingerprint density at radius 1 is 1.10 bits per heavy atom. The minimum Gasteiger partial charge on any atom is -0.292 e. The fourth-order valence-electron chi connectivity index (χ4n) is 2.96. The van der Waals surface area contributed by atoms with E-state index >= 15 is 0 Å². The third-order valence-corrected chi connectivity index (χ3v) is 4.45. The molecule has 1 aromatic carbocycles. The summed E-state index contributed by atoms with van der Waals surface area (Å²) < 4.78 is 0.909. The number of halogens is 1. The molecule has 0 amide bonds. The highest BCUT2D eigenvalue weighted by molar-refractivity contribution is 9.10. The lowest BCUT2D eigenvalue weighted by atomic mass is 9.96. The molecular weight excluding hydrogens is 312 g/mol. The topological polar surface area (TPSA) is 16.1 Å². The van der Waals surface area contributed by atoms with Gasteiger partial charge in [-0.2, -0.15) is 0 Å². The number of aromatic nitrogens is 1. The molecule has 20 heavy (non-hydrogen) atoms. The number of hydrogen-bond donors (Lipinski definition) is 0. The van der Waals surface area contributed by atoms with Crippen molar-refractivity contribution in [1.82, 2.24) is 9.88 Å². The molecule has 0 unspecified atom stereocenters. The van der Waals surface area contributed by atoms with Crippen LogP contribution in [0.3, 0.4) is 0 Å². The fourth-order valence-corrected chi connectivity index (χ4v) is 3.19. The molecule has 2 heterocycles. The van der Waals surface area contributed by atoms with Crippen LogP contribution < -0.4 is 0 Å². The maximum absolute atomic E-state index is 4.39. The van der Waals surface area contributed by atoms with Gasteiger partial charge in [0.05, 0.1) is 0 Å². The van der Waals surface area contributed by atoms with Crippen LogP contribution in [0.15, 0.2) is 53.3 Å². The standard InChI is InChI=1S/C17H19BrN2/c18-17-10-9-15(12-19-17)16-8-4-5-11-20(16)13-14-6-2-1-3-7-14/h1-3,6-7,9-10,12,16H,4-5,8,11,13H2/t16-/m1/s1. The molecule has 1 fully saturated rings. The monoisotopic (exact) mass is 330 g/mol. The highest BCUT2D eigenvalue weighted by Gasteiger charge is 2.24. The SMILES string of the molecule is Brc1ccc([C@H]2CCCCN2Cc2ccccc2)cn1. The van der Waals surface area contributed by atoms with E-state index in [1.165, 1.54) is 36.9 Å². The van der Waals surface area contributed by atoms with E-state index in [0.29, 0.717) is 6.04 Å². The molecule has 3 heteroatoms. The van der Waals surface area contributed by atoms with Crippen molar-refractivity contribution in [2.45, 2.75) is 31.8 Å². The number of hydrogen-bond acceptors (Lipinski definition) is 2. The van der Waals surface area contributed by atoms with E-state index in [0.717, 1.165) is 11.1 Å². The van der Waals surface area contributed by atoms with Crippen LogP contribution in [0.25, 0.3) is 0 Å². The zero-order valence-electron chi connectivity index (χ0n) is 11.5. The summed E-state index contributed by atoms with van der Waals surface area (Å²) >= 11 is 3.41. The first-order valence-electron chi connectivity index (χ1n) is 7.22. The first-order valence-corrected chi connectivity index (χ1v) is 8.01. The van der Waals surface area contributed by atoms with Crippen LogP contribution in [0.5, 0.6) is 0 Å². The summed E-state index contributed by atoms with van der Waals surface area (Å²) in [6.07, 6.45) is 5.85. The van der Waals surface area contributed by atoms with E-state index in [2.05, 4.69) is 62.2 Å². The van der Waals surface area contributed by atoms with Crippen LogP contribution in [0.4, 0.5) is 0 Å². The van der Waals surface area contributed by atoms with Crippen molar-refractivity contribution < 1.29 is 0 Å². The Balaban J connectivity index is 1.78. The molecule has 1 saturated heterocycles. The third-order valence-electron chi connectivity index (χ3n) is 3.98. The number of nitrogens with zero attached hydrogens (tertiary/aromatic N) is 2. The van der Waals surface area contributed by atoms with Crippen molar-refractivity contribution in [1.29, 1.82) is 0 Å². The Bertz CT molecular complexity index is 539. The van der Waals surface area contributed by atoms with E-state index in [9.17, 15) is 0 Å². The van der Waals surface area contributed by atoms with Gasteiger partial charge < -0.3 is 0 Å². The number of piperidine rings is 1. The van der Waals surface area contributed by atoms with Crippen molar-refractivity contribution in [3.05, 3.63) is 64.4 Å². The Morgan fingerprint density at radius 3 is 2.70 bits per heavy atom. The van der Waals surface area contributed by atoms with Gasteiger partial charge in [0.15, 0.2) is 0 Å². The van der Waals surface area contributed by atoms with Gasteiger partial charge in [-0.3, -0.25) is 4.90 Å². The van der Waals surface area contributed by atoms with E-state index < -0.39 is 0 Å². The number of rotatable bonds is 3. The smallest absolute Gasteiger partial charge is 0.106 e. The molecule has 2 aromatic rings. The minimum atomic E-state index is 0.504. The van der Waals surface area contributed by atoms with Crippen molar-refractivity contribution in [2.24, 2.45) is 0 Å². The predicted molar refractivity (Wildman–Crippen MR) is 85.4 cm³/mol. The zero-order chi connectivity index (χ0) is 13.8. The molecule has 2 nitrogen and oxygen atoms in total. The molecule has 1 aliphatic heterocycles. The lowest BCUT2D eigenvalue weighted by Gasteiger charge is -2.36. The van der Waals surface area contributed by atoms with Gasteiger partial charge in [-0.15, -0.1) is 0 Å². The van der Waals surface area contributed by atoms with Crippen molar-refractivity contribution in [2.75, 3.05) is 6.54 Å². The van der Waals surface area contributed by atoms with Crippen LogP contribution in [0.2, 0.25) is 0 Å². The average molecular weight is 331 g/mol. The maximum atomic E-state index is 4.39. The molecule has 0 radical (unpaired) electrons. The third kappa shape index (κ3) is 3.28. The summed E-state index contributed by atoms with van der Waals surface area (Å²) in [6.45, 7) is 2.21. The summed E-state index contributed by atoms with van der Waals surface area (Å²) in [5.41, 5.74) is 2.73. The van der Waals surface area contributed by atoms with Gasteiger partial charge in [0.25, 0.3) is 0 Å². The zero-order valence-corrected chi connectivity index (χ0v) is 13.1. The average Bonchev–Trinajstić information content (AvgIpc) is 2.50. The predicted octanol–water partition coefficient (Wildman–Crippen LogP) is 4.57. The van der Waals surface area contributed by atoms with E-state index in [-0.39, 0.29) is 0 Å². The molecule has 0 N–H and O–H groups in total. The number of benzene rings is 1. The summed E-state index contributed by atoms with van der Waals surface area (Å²) in [5, 5.41) is 0. The molecule has 0 aliphatic carbocycles. The van der Waals surface area contributed by atoms with Crippen molar-refractivity contribution >= 4 is 15.9 Å². The lowest BCUT2D eigenvalue weighted by molar-refractivity contribution is 0.140. The van der Waals surface area contributed by atoms with E-state index in [1.54, 1.807) is 0 Å². The molecule has 104 valence electrons. The van der Waals surface area contributed by atoms with Gasteiger partial charge in [-0.25, -0.2) is 4.98 Å². The van der Waals surface area contributed by atoms with Crippen molar-refractivity contribution in [3.8, 4) is 0 Å². The van der Waals surface area contributed by atoms with Gasteiger partial charge in [0.1, 0.15) is 4.60 Å². The second-order valence-electron chi connectivity index (χ2n) is 5.38. The summed E-state index contributed by atoms with van der Waals surface area (Å²) in [5.74, 6) is 0. The number of likely N-dealkylation sites (tertiary alicyclic amines) is 1. The molecular formula is C17H19BrN2. The first-order chi connectivity index (χ1) is 9.83. The Labute approximate surface area is 129 Å². The molecule has 0 saturated carbocycles. The molecule has 1 atom stereocenters. The Morgan fingerprint density at radius 2 is 1.95 bits per heavy atom. The highest BCUT2D eigenvalue weighted by atomic mass is 79.9.